The van der Waals surface area contributed by atoms with Gasteiger partial charge in [-0.1, -0.05) is 29.8 Å². The van der Waals surface area contributed by atoms with Crippen LogP contribution >= 0.6 is 0 Å². The first-order valence-corrected chi connectivity index (χ1v) is 9.07. The summed E-state index contributed by atoms with van der Waals surface area (Å²) in [5, 5.41) is 4.50. The van der Waals surface area contributed by atoms with E-state index in [-0.39, 0.29) is 11.7 Å². The Labute approximate surface area is 162 Å². The minimum Gasteiger partial charge on any atom is -0.481 e. The van der Waals surface area contributed by atoms with E-state index in [1.54, 1.807) is 29.0 Å². The number of aromatic nitrogens is 4. The van der Waals surface area contributed by atoms with Crippen LogP contribution in [0.5, 0.6) is 5.88 Å². The number of morpholine rings is 1. The van der Waals surface area contributed by atoms with Crippen LogP contribution in [-0.2, 0) is 4.74 Å². The maximum absolute atomic E-state index is 12.9. The fourth-order valence-corrected chi connectivity index (χ4v) is 3.00. The Morgan fingerprint density at radius 1 is 1.11 bits per heavy atom. The molecule has 1 saturated heterocycles. The molecular weight excluding hydrogens is 358 g/mol. The van der Waals surface area contributed by atoms with Gasteiger partial charge < -0.3 is 14.4 Å². The van der Waals surface area contributed by atoms with Crippen molar-refractivity contribution in [3.05, 3.63) is 54.0 Å². The molecule has 0 saturated carbocycles. The molecule has 144 valence electrons. The van der Waals surface area contributed by atoms with Gasteiger partial charge in [0.2, 0.25) is 11.7 Å². The van der Waals surface area contributed by atoms with E-state index in [9.17, 15) is 4.79 Å². The molecule has 0 radical (unpaired) electrons. The first kappa shape index (κ1) is 18.1. The second-order valence-corrected chi connectivity index (χ2v) is 6.50. The van der Waals surface area contributed by atoms with Gasteiger partial charge in [0.15, 0.2) is 5.82 Å². The van der Waals surface area contributed by atoms with Crippen molar-refractivity contribution in [2.24, 2.45) is 0 Å². The largest absolute Gasteiger partial charge is 0.481 e. The molecule has 1 aliphatic heterocycles. The number of aryl methyl sites for hydroxylation is 1. The third-order valence-electron chi connectivity index (χ3n) is 4.58. The number of benzene rings is 1. The third-order valence-corrected chi connectivity index (χ3v) is 4.58. The van der Waals surface area contributed by atoms with Gasteiger partial charge >= 0.3 is 0 Å². The second-order valence-electron chi connectivity index (χ2n) is 6.50. The molecule has 2 aromatic heterocycles. The summed E-state index contributed by atoms with van der Waals surface area (Å²) in [7, 11) is 1.56. The summed E-state index contributed by atoms with van der Waals surface area (Å²) in [6, 6.07) is 11.5. The molecule has 1 fully saturated rings. The highest BCUT2D eigenvalue weighted by Crippen LogP contribution is 2.23. The number of pyridine rings is 1. The van der Waals surface area contributed by atoms with E-state index >= 15 is 0 Å². The van der Waals surface area contributed by atoms with Crippen LogP contribution in [-0.4, -0.2) is 64.0 Å². The predicted molar refractivity (Wildman–Crippen MR) is 103 cm³/mol. The van der Waals surface area contributed by atoms with Crippen molar-refractivity contribution < 1.29 is 14.3 Å². The zero-order valence-corrected chi connectivity index (χ0v) is 15.8. The highest BCUT2D eigenvalue weighted by molar-refractivity contribution is 5.91. The van der Waals surface area contributed by atoms with Crippen molar-refractivity contribution in [2.45, 2.75) is 6.92 Å². The van der Waals surface area contributed by atoms with Crippen LogP contribution in [0.1, 0.15) is 16.2 Å². The number of methoxy groups -OCH3 is 1. The summed E-state index contributed by atoms with van der Waals surface area (Å²) in [4.78, 5) is 23.4. The molecule has 0 spiro atoms. The zero-order valence-electron chi connectivity index (χ0n) is 15.8. The first-order valence-electron chi connectivity index (χ1n) is 9.07. The van der Waals surface area contributed by atoms with E-state index in [2.05, 4.69) is 15.1 Å². The quantitative estimate of drug-likeness (QED) is 0.691. The predicted octanol–water partition coefficient (Wildman–Crippen LogP) is 2.12. The highest BCUT2D eigenvalue weighted by atomic mass is 16.5. The fourth-order valence-electron chi connectivity index (χ4n) is 3.00. The average molecular weight is 379 g/mol. The van der Waals surface area contributed by atoms with Crippen LogP contribution in [0, 0.1) is 6.92 Å². The van der Waals surface area contributed by atoms with Crippen molar-refractivity contribution in [3.8, 4) is 23.0 Å². The topological polar surface area (TPSA) is 82.4 Å². The summed E-state index contributed by atoms with van der Waals surface area (Å²) >= 11 is 0. The lowest BCUT2D eigenvalue weighted by Gasteiger charge is -2.25. The molecule has 0 aliphatic carbocycles. The van der Waals surface area contributed by atoms with Gasteiger partial charge in [-0.15, -0.1) is 5.10 Å². The van der Waals surface area contributed by atoms with Gasteiger partial charge in [0.25, 0.3) is 5.91 Å². The lowest BCUT2D eigenvalue weighted by Crippen LogP contribution is -2.41. The second kappa shape index (κ2) is 7.77. The van der Waals surface area contributed by atoms with Crippen LogP contribution in [0.15, 0.2) is 42.6 Å². The monoisotopic (exact) mass is 379 g/mol. The van der Waals surface area contributed by atoms with Crippen molar-refractivity contribution in [2.75, 3.05) is 33.4 Å². The van der Waals surface area contributed by atoms with Crippen LogP contribution < -0.4 is 4.74 Å². The highest BCUT2D eigenvalue weighted by Gasteiger charge is 2.25. The fraction of sp³-hybridized carbons (Fsp3) is 0.300. The molecule has 4 rings (SSSR count). The Kier molecular flexibility index (Phi) is 5.03. The average Bonchev–Trinajstić information content (AvgIpc) is 3.20. The van der Waals surface area contributed by atoms with Crippen molar-refractivity contribution in [3.63, 3.8) is 0 Å². The molecular formula is C20H21N5O3. The first-order chi connectivity index (χ1) is 13.7. The molecule has 0 atom stereocenters. The number of amides is 1. The molecule has 0 unspecified atom stereocenters. The lowest BCUT2D eigenvalue weighted by atomic mass is 10.1. The maximum atomic E-state index is 12.9. The Morgan fingerprint density at radius 3 is 2.50 bits per heavy atom. The van der Waals surface area contributed by atoms with E-state index in [0.717, 1.165) is 11.1 Å². The van der Waals surface area contributed by atoms with E-state index in [1.807, 2.05) is 37.3 Å². The van der Waals surface area contributed by atoms with Crippen molar-refractivity contribution in [1.29, 1.82) is 0 Å². The van der Waals surface area contributed by atoms with Gasteiger partial charge in [0.1, 0.15) is 0 Å². The van der Waals surface area contributed by atoms with Gasteiger partial charge in [-0.3, -0.25) is 4.79 Å². The summed E-state index contributed by atoms with van der Waals surface area (Å²) in [5.41, 5.74) is 2.71. The van der Waals surface area contributed by atoms with Crippen molar-refractivity contribution >= 4 is 5.91 Å². The molecule has 0 N–H and O–H groups in total. The number of carbonyl (C=O) groups is 1. The van der Waals surface area contributed by atoms with Gasteiger partial charge in [-0.25, -0.2) is 14.6 Å². The Morgan fingerprint density at radius 2 is 1.86 bits per heavy atom. The maximum Gasteiger partial charge on any atom is 0.293 e. The van der Waals surface area contributed by atoms with E-state index in [4.69, 9.17) is 9.47 Å². The summed E-state index contributed by atoms with van der Waals surface area (Å²) in [6.07, 6.45) is 1.65. The van der Waals surface area contributed by atoms with E-state index in [1.165, 1.54) is 0 Å². The minimum absolute atomic E-state index is 0.160. The van der Waals surface area contributed by atoms with Crippen LogP contribution in [0.4, 0.5) is 0 Å². The number of ether oxygens (including phenoxy) is 2. The van der Waals surface area contributed by atoms with Crippen LogP contribution in [0.2, 0.25) is 0 Å². The normalized spacial score (nSPS) is 14.1. The molecule has 3 aromatic rings. The molecule has 8 nitrogen and oxygen atoms in total. The standard InChI is InChI=1S/C20H21N5O3/c1-14-3-5-15(6-4-14)19-22-18(20(26)24-9-11-28-12-10-24)23-25(19)16-7-8-17(27-2)21-13-16/h3-8,13H,9-12H2,1-2H3. The van der Waals surface area contributed by atoms with Gasteiger partial charge in [0, 0.05) is 24.7 Å². The van der Waals surface area contributed by atoms with E-state index in [0.29, 0.717) is 43.7 Å². The molecule has 1 amide bonds. The number of carbonyl (C=O) groups excluding carboxylic acids is 1. The van der Waals surface area contributed by atoms with Gasteiger partial charge in [-0.05, 0) is 13.0 Å². The smallest absolute Gasteiger partial charge is 0.293 e. The Bertz CT molecular complexity index is 961. The SMILES string of the molecule is COc1ccc(-n2nc(C(=O)N3CCOCC3)nc2-c2ccc(C)cc2)cn1. The molecule has 1 aromatic carbocycles. The summed E-state index contributed by atoms with van der Waals surface area (Å²) < 4.78 is 12.1. The number of hydrogen-bond acceptors (Lipinski definition) is 6. The molecule has 3 heterocycles. The molecule has 1 aliphatic rings. The molecule has 8 heteroatoms. The summed E-state index contributed by atoms with van der Waals surface area (Å²) in [5.74, 6) is 1.05. The Hall–Kier alpha value is -3.26. The van der Waals surface area contributed by atoms with Gasteiger partial charge in [-0.2, -0.15) is 0 Å². The summed E-state index contributed by atoms with van der Waals surface area (Å²) in [6.45, 7) is 4.16. The number of rotatable bonds is 4. The minimum atomic E-state index is -0.197. The van der Waals surface area contributed by atoms with Crippen molar-refractivity contribution in [1.82, 2.24) is 24.6 Å². The zero-order chi connectivity index (χ0) is 19.5. The molecule has 0 bridgehead atoms. The van der Waals surface area contributed by atoms with E-state index < -0.39 is 0 Å². The van der Waals surface area contributed by atoms with Crippen LogP contribution in [0.25, 0.3) is 17.1 Å². The van der Waals surface area contributed by atoms with Gasteiger partial charge in [0.05, 0.1) is 32.2 Å². The number of nitrogens with zero attached hydrogens (tertiary/aromatic N) is 5. The third kappa shape index (κ3) is 3.59. The Balaban J connectivity index is 1.76. The lowest BCUT2D eigenvalue weighted by molar-refractivity contribution is 0.0295. The molecule has 28 heavy (non-hydrogen) atoms. The van der Waals surface area contributed by atoms with Crippen LogP contribution in [0.3, 0.4) is 0 Å². The number of hydrogen-bond donors (Lipinski definition) is 0.